The maximum Gasteiger partial charge on any atom is 0.222 e. The highest BCUT2D eigenvalue weighted by molar-refractivity contribution is 5.85. The Morgan fingerprint density at radius 3 is 2.57 bits per heavy atom. The molecule has 1 saturated heterocycles. The summed E-state index contributed by atoms with van der Waals surface area (Å²) < 4.78 is 5.60. The molecule has 4 nitrogen and oxygen atoms in total. The molecule has 1 aliphatic rings. The van der Waals surface area contributed by atoms with Crippen LogP contribution < -0.4 is 10.1 Å². The minimum atomic E-state index is 0. The number of amides is 1. The van der Waals surface area contributed by atoms with Gasteiger partial charge in [-0.25, -0.2) is 0 Å². The Morgan fingerprint density at radius 2 is 1.95 bits per heavy atom. The molecule has 1 fully saturated rings. The largest absolute Gasteiger partial charge is 0.494 e. The molecule has 0 unspecified atom stereocenters. The molecule has 0 saturated carbocycles. The van der Waals surface area contributed by atoms with E-state index in [4.69, 9.17) is 4.74 Å². The second-order valence-electron chi connectivity index (χ2n) is 5.21. The fourth-order valence-corrected chi connectivity index (χ4v) is 2.51. The highest BCUT2D eigenvalue weighted by Crippen LogP contribution is 2.12. The fraction of sp³-hybridized carbons (Fsp3) is 0.562. The molecule has 0 atom stereocenters. The predicted octanol–water partition coefficient (Wildman–Crippen LogP) is 2.48. The van der Waals surface area contributed by atoms with Gasteiger partial charge < -0.3 is 15.0 Å². The number of para-hydroxylation sites is 1. The van der Waals surface area contributed by atoms with Crippen LogP contribution in [-0.4, -0.2) is 43.6 Å². The maximum atomic E-state index is 12.1. The van der Waals surface area contributed by atoms with Crippen molar-refractivity contribution in [3.05, 3.63) is 30.3 Å². The van der Waals surface area contributed by atoms with Gasteiger partial charge in [0.05, 0.1) is 6.61 Å². The van der Waals surface area contributed by atoms with Gasteiger partial charge in [0.1, 0.15) is 5.75 Å². The van der Waals surface area contributed by atoms with Gasteiger partial charge in [-0.2, -0.15) is 0 Å². The average Bonchev–Trinajstić information content (AvgIpc) is 2.52. The molecule has 118 valence electrons. The maximum absolute atomic E-state index is 12.1. The number of benzene rings is 1. The summed E-state index contributed by atoms with van der Waals surface area (Å²) in [6, 6.07) is 10.3. The van der Waals surface area contributed by atoms with Gasteiger partial charge in [-0.15, -0.1) is 12.4 Å². The van der Waals surface area contributed by atoms with Crippen LogP contribution in [0.2, 0.25) is 0 Å². The van der Waals surface area contributed by atoms with Gasteiger partial charge in [0.2, 0.25) is 5.91 Å². The Balaban J connectivity index is 0.00000220. The van der Waals surface area contributed by atoms with E-state index in [1.165, 1.54) is 0 Å². The van der Waals surface area contributed by atoms with Crippen LogP contribution in [0.15, 0.2) is 30.3 Å². The van der Waals surface area contributed by atoms with E-state index in [1.54, 1.807) is 0 Å². The Hall–Kier alpha value is -1.26. The molecule has 1 N–H and O–H groups in total. The van der Waals surface area contributed by atoms with Crippen LogP contribution in [0.5, 0.6) is 5.75 Å². The van der Waals surface area contributed by atoms with Gasteiger partial charge in [0.15, 0.2) is 0 Å². The number of carbonyl (C=O) groups is 1. The van der Waals surface area contributed by atoms with Gasteiger partial charge >= 0.3 is 0 Å². The van der Waals surface area contributed by atoms with E-state index in [0.29, 0.717) is 19.1 Å². The molecule has 1 aromatic carbocycles. The Kier molecular flexibility index (Phi) is 8.16. The van der Waals surface area contributed by atoms with Gasteiger partial charge in [0.25, 0.3) is 0 Å². The van der Waals surface area contributed by atoms with Crippen LogP contribution in [0.1, 0.15) is 25.7 Å². The SMILES string of the molecule is CNC1CCN(C(=O)CCCOc2ccccc2)CC1.Cl. The van der Waals surface area contributed by atoms with Crippen molar-refractivity contribution in [3.8, 4) is 5.75 Å². The van der Waals surface area contributed by atoms with E-state index in [1.807, 2.05) is 42.3 Å². The monoisotopic (exact) mass is 312 g/mol. The summed E-state index contributed by atoms with van der Waals surface area (Å²) in [5.74, 6) is 1.13. The van der Waals surface area contributed by atoms with Crippen molar-refractivity contribution >= 4 is 18.3 Å². The number of nitrogens with one attached hydrogen (secondary N) is 1. The van der Waals surface area contributed by atoms with Gasteiger partial charge in [-0.1, -0.05) is 18.2 Å². The summed E-state index contributed by atoms with van der Waals surface area (Å²) in [5.41, 5.74) is 0. The van der Waals surface area contributed by atoms with Crippen LogP contribution in [0, 0.1) is 0 Å². The van der Waals surface area contributed by atoms with Gasteiger partial charge in [-0.3, -0.25) is 4.79 Å². The summed E-state index contributed by atoms with van der Waals surface area (Å²) in [7, 11) is 1.99. The van der Waals surface area contributed by atoms with Crippen LogP contribution in [0.3, 0.4) is 0 Å². The van der Waals surface area contributed by atoms with Crippen molar-refractivity contribution < 1.29 is 9.53 Å². The second kappa shape index (κ2) is 9.64. The predicted molar refractivity (Wildman–Crippen MR) is 87.1 cm³/mol. The van der Waals surface area contributed by atoms with Crippen LogP contribution in [0.4, 0.5) is 0 Å². The van der Waals surface area contributed by atoms with Crippen LogP contribution >= 0.6 is 12.4 Å². The first-order valence-corrected chi connectivity index (χ1v) is 7.42. The third-order valence-electron chi connectivity index (χ3n) is 3.80. The van der Waals surface area contributed by atoms with E-state index in [-0.39, 0.29) is 18.3 Å². The Bertz CT molecular complexity index is 406. The van der Waals surface area contributed by atoms with Crippen LogP contribution in [-0.2, 0) is 4.79 Å². The van der Waals surface area contributed by atoms with Crippen molar-refractivity contribution in [2.75, 3.05) is 26.7 Å². The molecule has 2 rings (SSSR count). The Morgan fingerprint density at radius 1 is 1.29 bits per heavy atom. The molecular formula is C16H25ClN2O2. The number of likely N-dealkylation sites (tertiary alicyclic amines) is 1. The van der Waals surface area contributed by atoms with Gasteiger partial charge in [-0.05, 0) is 38.4 Å². The number of ether oxygens (including phenoxy) is 1. The highest BCUT2D eigenvalue weighted by atomic mass is 35.5. The van der Waals surface area contributed by atoms with Crippen LogP contribution in [0.25, 0.3) is 0 Å². The molecule has 0 aliphatic carbocycles. The summed E-state index contributed by atoms with van der Waals surface area (Å²) in [6.07, 6.45) is 3.47. The number of halogens is 1. The molecule has 1 aliphatic heterocycles. The van der Waals surface area contributed by atoms with Crippen molar-refractivity contribution in [1.29, 1.82) is 0 Å². The normalized spacial score (nSPS) is 15.4. The molecule has 0 radical (unpaired) electrons. The quantitative estimate of drug-likeness (QED) is 0.821. The molecule has 0 spiro atoms. The lowest BCUT2D eigenvalue weighted by molar-refractivity contribution is -0.132. The zero-order chi connectivity index (χ0) is 14.2. The summed E-state index contributed by atoms with van der Waals surface area (Å²) in [4.78, 5) is 14.0. The molecule has 0 bridgehead atoms. The lowest BCUT2D eigenvalue weighted by atomic mass is 10.0. The first-order valence-electron chi connectivity index (χ1n) is 7.42. The third-order valence-corrected chi connectivity index (χ3v) is 3.80. The molecular weight excluding hydrogens is 288 g/mol. The molecule has 1 amide bonds. The van der Waals surface area contributed by atoms with Crippen molar-refractivity contribution in [3.63, 3.8) is 0 Å². The van der Waals surface area contributed by atoms with E-state index >= 15 is 0 Å². The van der Waals surface area contributed by atoms with E-state index in [9.17, 15) is 4.79 Å². The van der Waals surface area contributed by atoms with Crippen molar-refractivity contribution in [2.24, 2.45) is 0 Å². The lowest BCUT2D eigenvalue weighted by Gasteiger charge is -2.31. The molecule has 1 heterocycles. The van der Waals surface area contributed by atoms with Crippen molar-refractivity contribution in [1.82, 2.24) is 10.2 Å². The molecule has 5 heteroatoms. The summed E-state index contributed by atoms with van der Waals surface area (Å²) in [5, 5.41) is 3.28. The minimum absolute atomic E-state index is 0. The molecule has 21 heavy (non-hydrogen) atoms. The third kappa shape index (κ3) is 5.94. The number of nitrogens with zero attached hydrogens (tertiary/aromatic N) is 1. The topological polar surface area (TPSA) is 41.6 Å². The first-order chi connectivity index (χ1) is 9.79. The Labute approximate surface area is 133 Å². The van der Waals surface area contributed by atoms with E-state index < -0.39 is 0 Å². The average molecular weight is 313 g/mol. The second-order valence-corrected chi connectivity index (χ2v) is 5.21. The van der Waals surface area contributed by atoms with Gasteiger partial charge in [0, 0.05) is 25.6 Å². The van der Waals surface area contributed by atoms with E-state index in [2.05, 4.69) is 5.32 Å². The first kappa shape index (κ1) is 17.8. The number of rotatable bonds is 6. The standard InChI is InChI=1S/C16H24N2O2.ClH/c1-17-14-9-11-18(12-10-14)16(19)8-5-13-20-15-6-3-2-4-7-15;/h2-4,6-7,14,17H,5,8-13H2,1H3;1H. The van der Waals surface area contributed by atoms with Crippen molar-refractivity contribution in [2.45, 2.75) is 31.7 Å². The zero-order valence-electron chi connectivity index (χ0n) is 12.6. The van der Waals surface area contributed by atoms with E-state index in [0.717, 1.165) is 38.1 Å². The fourth-order valence-electron chi connectivity index (χ4n) is 2.51. The number of piperidine rings is 1. The minimum Gasteiger partial charge on any atom is -0.494 e. The summed E-state index contributed by atoms with van der Waals surface area (Å²) >= 11 is 0. The molecule has 0 aromatic heterocycles. The number of carbonyl (C=O) groups excluding carboxylic acids is 1. The highest BCUT2D eigenvalue weighted by Gasteiger charge is 2.21. The number of hydrogen-bond donors (Lipinski definition) is 1. The molecule has 1 aromatic rings. The summed E-state index contributed by atoms with van der Waals surface area (Å²) in [6.45, 7) is 2.36. The smallest absolute Gasteiger partial charge is 0.222 e. The lowest BCUT2D eigenvalue weighted by Crippen LogP contribution is -2.43. The zero-order valence-corrected chi connectivity index (χ0v) is 13.4. The number of hydrogen-bond acceptors (Lipinski definition) is 3.